The average Bonchev–Trinajstić information content (AvgIpc) is 2.44. The molecule has 0 aromatic heterocycles. The van der Waals surface area contributed by atoms with Crippen molar-refractivity contribution in [1.29, 1.82) is 0 Å². The highest BCUT2D eigenvalue weighted by Gasteiger charge is 2.33. The molecule has 1 rings (SSSR count). The van der Waals surface area contributed by atoms with Crippen molar-refractivity contribution in [3.05, 3.63) is 0 Å². The van der Waals surface area contributed by atoms with Crippen molar-refractivity contribution < 1.29 is 24.2 Å². The molecular weight excluding hydrogens is 264 g/mol. The van der Waals surface area contributed by atoms with Gasteiger partial charge in [0, 0.05) is 19.0 Å². The van der Waals surface area contributed by atoms with Gasteiger partial charge in [0.1, 0.15) is 6.04 Å². The minimum atomic E-state index is -0.892. The van der Waals surface area contributed by atoms with Gasteiger partial charge in [0.15, 0.2) is 0 Å². The predicted molar refractivity (Wildman–Crippen MR) is 71.2 cm³/mol. The van der Waals surface area contributed by atoms with E-state index in [-0.39, 0.29) is 18.5 Å². The van der Waals surface area contributed by atoms with E-state index in [4.69, 9.17) is 9.84 Å². The zero-order valence-electron chi connectivity index (χ0n) is 11.9. The van der Waals surface area contributed by atoms with Crippen molar-refractivity contribution in [2.75, 3.05) is 13.7 Å². The van der Waals surface area contributed by atoms with Gasteiger partial charge >= 0.3 is 18.0 Å². The number of carbonyl (C=O) groups excluding carboxylic acids is 2. The second-order valence-corrected chi connectivity index (χ2v) is 5.01. The van der Waals surface area contributed by atoms with Crippen LogP contribution in [0.1, 0.15) is 39.0 Å². The summed E-state index contributed by atoms with van der Waals surface area (Å²) in [5.41, 5.74) is 0. The Labute approximate surface area is 118 Å². The monoisotopic (exact) mass is 286 g/mol. The minimum absolute atomic E-state index is 0.00186. The number of likely N-dealkylation sites (tertiary alicyclic amines) is 1. The number of hydrogen-bond donors (Lipinski definition) is 2. The number of carboxylic acids is 1. The van der Waals surface area contributed by atoms with E-state index in [1.165, 1.54) is 12.0 Å². The molecule has 2 unspecified atom stereocenters. The molecule has 0 aliphatic carbocycles. The summed E-state index contributed by atoms with van der Waals surface area (Å²) < 4.78 is 4.72. The summed E-state index contributed by atoms with van der Waals surface area (Å²) in [5.74, 6) is -1.30. The average molecular weight is 286 g/mol. The van der Waals surface area contributed by atoms with Crippen molar-refractivity contribution >= 4 is 18.0 Å². The van der Waals surface area contributed by atoms with E-state index in [0.717, 1.165) is 12.8 Å². The summed E-state index contributed by atoms with van der Waals surface area (Å²) in [6.07, 6.45) is 2.70. The van der Waals surface area contributed by atoms with Crippen molar-refractivity contribution in [2.24, 2.45) is 0 Å². The fourth-order valence-electron chi connectivity index (χ4n) is 2.26. The maximum absolute atomic E-state index is 12.1. The molecule has 114 valence electrons. The molecule has 2 amide bonds. The first-order valence-electron chi connectivity index (χ1n) is 6.82. The summed E-state index contributed by atoms with van der Waals surface area (Å²) >= 11 is 0. The fourth-order valence-corrected chi connectivity index (χ4v) is 2.26. The molecule has 0 bridgehead atoms. The SMILES string of the molecule is COC(=O)C1CCCCN1C(=O)NC(C)CCC(=O)O. The third kappa shape index (κ3) is 4.71. The molecule has 1 aliphatic heterocycles. The summed E-state index contributed by atoms with van der Waals surface area (Å²) in [6.45, 7) is 2.26. The molecule has 2 N–H and O–H groups in total. The Morgan fingerprint density at radius 3 is 2.70 bits per heavy atom. The van der Waals surface area contributed by atoms with Gasteiger partial charge in [0.05, 0.1) is 7.11 Å². The molecule has 1 saturated heterocycles. The van der Waals surface area contributed by atoms with Gasteiger partial charge in [-0.2, -0.15) is 0 Å². The Morgan fingerprint density at radius 1 is 1.40 bits per heavy atom. The maximum Gasteiger partial charge on any atom is 0.328 e. The van der Waals surface area contributed by atoms with Crippen LogP contribution < -0.4 is 5.32 Å². The number of nitrogens with one attached hydrogen (secondary N) is 1. The zero-order valence-corrected chi connectivity index (χ0v) is 11.9. The van der Waals surface area contributed by atoms with Crippen LogP contribution in [0.15, 0.2) is 0 Å². The van der Waals surface area contributed by atoms with Crippen molar-refractivity contribution in [1.82, 2.24) is 10.2 Å². The Bertz CT molecular complexity index is 372. The number of amides is 2. The Hall–Kier alpha value is -1.79. The molecule has 2 atom stereocenters. The number of nitrogens with zero attached hydrogens (tertiary/aromatic N) is 1. The van der Waals surface area contributed by atoms with E-state index in [1.807, 2.05) is 0 Å². The van der Waals surface area contributed by atoms with Crippen molar-refractivity contribution in [3.8, 4) is 0 Å². The first-order valence-corrected chi connectivity index (χ1v) is 6.82. The summed E-state index contributed by atoms with van der Waals surface area (Å²) in [6, 6.07) is -1.13. The Balaban J connectivity index is 2.54. The van der Waals surface area contributed by atoms with E-state index < -0.39 is 18.0 Å². The van der Waals surface area contributed by atoms with Crippen molar-refractivity contribution in [2.45, 2.75) is 51.1 Å². The summed E-state index contributed by atoms with van der Waals surface area (Å²) in [4.78, 5) is 35.8. The number of rotatable bonds is 5. The summed E-state index contributed by atoms with van der Waals surface area (Å²) in [7, 11) is 1.31. The molecular formula is C13H22N2O5. The number of urea groups is 1. The van der Waals surface area contributed by atoms with Crippen molar-refractivity contribution in [3.63, 3.8) is 0 Å². The van der Waals surface area contributed by atoms with Crippen LogP contribution in [-0.2, 0) is 14.3 Å². The lowest BCUT2D eigenvalue weighted by molar-refractivity contribution is -0.147. The fraction of sp³-hybridized carbons (Fsp3) is 0.769. The third-order valence-corrected chi connectivity index (χ3v) is 3.40. The lowest BCUT2D eigenvalue weighted by Crippen LogP contribution is -2.53. The molecule has 7 heteroatoms. The number of aliphatic carboxylic acids is 1. The van der Waals surface area contributed by atoms with Gasteiger partial charge in [-0.15, -0.1) is 0 Å². The van der Waals surface area contributed by atoms with Gasteiger partial charge in [-0.3, -0.25) is 4.79 Å². The maximum atomic E-state index is 12.1. The molecule has 20 heavy (non-hydrogen) atoms. The largest absolute Gasteiger partial charge is 0.481 e. The number of hydrogen-bond acceptors (Lipinski definition) is 4. The lowest BCUT2D eigenvalue weighted by Gasteiger charge is -2.34. The molecule has 0 spiro atoms. The minimum Gasteiger partial charge on any atom is -0.481 e. The quantitative estimate of drug-likeness (QED) is 0.734. The molecule has 0 aromatic carbocycles. The predicted octanol–water partition coefficient (Wildman–Crippen LogP) is 0.977. The van der Waals surface area contributed by atoms with E-state index in [1.54, 1.807) is 6.92 Å². The second kappa shape index (κ2) is 7.72. The van der Waals surface area contributed by atoms with E-state index in [0.29, 0.717) is 19.4 Å². The van der Waals surface area contributed by atoms with Crippen LogP contribution >= 0.6 is 0 Å². The van der Waals surface area contributed by atoms with Gasteiger partial charge < -0.3 is 20.1 Å². The second-order valence-electron chi connectivity index (χ2n) is 5.01. The van der Waals surface area contributed by atoms with Crippen LogP contribution in [0.5, 0.6) is 0 Å². The van der Waals surface area contributed by atoms with Crippen LogP contribution in [0.3, 0.4) is 0 Å². The van der Waals surface area contributed by atoms with Crippen LogP contribution in [0.25, 0.3) is 0 Å². The molecule has 1 fully saturated rings. The standard InChI is InChI=1S/C13H22N2O5/c1-9(6-7-11(16)17)14-13(19)15-8-4-3-5-10(15)12(18)20-2/h9-10H,3-8H2,1-2H3,(H,14,19)(H,16,17). The number of carbonyl (C=O) groups is 3. The molecule has 7 nitrogen and oxygen atoms in total. The van der Waals surface area contributed by atoms with Crippen LogP contribution in [0, 0.1) is 0 Å². The van der Waals surface area contributed by atoms with Crippen LogP contribution in [0.4, 0.5) is 4.79 Å². The third-order valence-electron chi connectivity index (χ3n) is 3.40. The van der Waals surface area contributed by atoms with Gasteiger partial charge in [-0.05, 0) is 32.6 Å². The van der Waals surface area contributed by atoms with Gasteiger partial charge in [-0.1, -0.05) is 0 Å². The number of methoxy groups -OCH3 is 1. The summed E-state index contributed by atoms with van der Waals surface area (Å²) in [5, 5.41) is 11.3. The Kier molecular flexibility index (Phi) is 6.27. The highest BCUT2D eigenvalue weighted by atomic mass is 16.5. The number of ether oxygens (including phenoxy) is 1. The smallest absolute Gasteiger partial charge is 0.328 e. The molecule has 0 radical (unpaired) electrons. The van der Waals surface area contributed by atoms with Crippen LogP contribution in [-0.4, -0.2) is 53.7 Å². The topological polar surface area (TPSA) is 95.9 Å². The molecule has 0 aromatic rings. The highest BCUT2D eigenvalue weighted by Crippen LogP contribution is 2.18. The molecule has 1 heterocycles. The van der Waals surface area contributed by atoms with Gasteiger partial charge in [0.25, 0.3) is 0 Å². The highest BCUT2D eigenvalue weighted by molar-refractivity contribution is 5.84. The van der Waals surface area contributed by atoms with Gasteiger partial charge in [0.2, 0.25) is 0 Å². The Morgan fingerprint density at radius 2 is 2.10 bits per heavy atom. The number of piperidine rings is 1. The molecule has 0 saturated carbocycles. The van der Waals surface area contributed by atoms with E-state index in [2.05, 4.69) is 5.32 Å². The number of esters is 1. The zero-order chi connectivity index (χ0) is 15.1. The lowest BCUT2D eigenvalue weighted by atomic mass is 10.0. The molecule has 1 aliphatic rings. The first kappa shape index (κ1) is 16.3. The number of carboxylic acid groups (broad SMARTS) is 1. The van der Waals surface area contributed by atoms with Crippen LogP contribution in [0.2, 0.25) is 0 Å². The van der Waals surface area contributed by atoms with E-state index in [9.17, 15) is 14.4 Å². The normalized spacial score (nSPS) is 20.1. The van der Waals surface area contributed by atoms with E-state index >= 15 is 0 Å². The van der Waals surface area contributed by atoms with Gasteiger partial charge in [-0.25, -0.2) is 9.59 Å². The first-order chi connectivity index (χ1) is 9.45.